The number of anilines is 1. The summed E-state index contributed by atoms with van der Waals surface area (Å²) in [6, 6.07) is 15.4. The fourth-order valence-electron chi connectivity index (χ4n) is 3.13. The van der Waals surface area contributed by atoms with Crippen LogP contribution in [0.2, 0.25) is 5.02 Å². The minimum absolute atomic E-state index is 0.203. The Kier molecular flexibility index (Phi) is 5.85. The van der Waals surface area contributed by atoms with Crippen LogP contribution in [0.1, 0.15) is 24.5 Å². The molecule has 8 heteroatoms. The molecular formula is C21H19ClN4O3. The molecule has 1 heterocycles. The molecule has 4 amide bonds. The van der Waals surface area contributed by atoms with Crippen LogP contribution in [-0.2, 0) is 16.0 Å². The van der Waals surface area contributed by atoms with Crippen molar-refractivity contribution in [2.24, 2.45) is 0 Å². The normalized spacial score (nSPS) is 18.3. The number of nitriles is 1. The van der Waals surface area contributed by atoms with E-state index in [4.69, 9.17) is 16.9 Å². The van der Waals surface area contributed by atoms with E-state index in [0.717, 1.165) is 10.5 Å². The first-order chi connectivity index (χ1) is 13.8. The second-order valence-corrected chi connectivity index (χ2v) is 7.40. The molecule has 7 nitrogen and oxygen atoms in total. The van der Waals surface area contributed by atoms with Crippen LogP contribution in [0.25, 0.3) is 0 Å². The second kappa shape index (κ2) is 8.33. The number of aryl methyl sites for hydroxylation is 1. The summed E-state index contributed by atoms with van der Waals surface area (Å²) in [5, 5.41) is 14.4. The number of amides is 4. The van der Waals surface area contributed by atoms with Gasteiger partial charge in [0.1, 0.15) is 18.2 Å². The van der Waals surface area contributed by atoms with Crippen molar-refractivity contribution in [3.05, 3.63) is 64.7 Å². The number of hydrogen-bond acceptors (Lipinski definition) is 4. The third-order valence-corrected chi connectivity index (χ3v) is 5.09. The van der Waals surface area contributed by atoms with E-state index in [1.807, 2.05) is 36.4 Å². The molecule has 1 fully saturated rings. The fraction of sp³-hybridized carbons (Fsp3) is 0.238. The smallest absolute Gasteiger partial charge is 0.324 e. The van der Waals surface area contributed by atoms with E-state index in [1.165, 1.54) is 18.2 Å². The third-order valence-electron chi connectivity index (χ3n) is 4.78. The summed E-state index contributed by atoms with van der Waals surface area (Å²) >= 11 is 5.95. The van der Waals surface area contributed by atoms with Gasteiger partial charge >= 0.3 is 6.03 Å². The van der Waals surface area contributed by atoms with E-state index in [1.54, 1.807) is 6.92 Å². The van der Waals surface area contributed by atoms with E-state index < -0.39 is 29.9 Å². The summed E-state index contributed by atoms with van der Waals surface area (Å²) < 4.78 is 0. The van der Waals surface area contributed by atoms with Gasteiger partial charge in [0, 0.05) is 5.69 Å². The molecule has 1 atom stereocenters. The molecule has 0 unspecified atom stereocenters. The first-order valence-corrected chi connectivity index (χ1v) is 9.38. The highest BCUT2D eigenvalue weighted by molar-refractivity contribution is 6.32. The summed E-state index contributed by atoms with van der Waals surface area (Å²) in [6.45, 7) is 1.25. The van der Waals surface area contributed by atoms with Crippen molar-refractivity contribution in [3.8, 4) is 6.07 Å². The fourth-order valence-corrected chi connectivity index (χ4v) is 3.35. The van der Waals surface area contributed by atoms with Crippen molar-refractivity contribution >= 4 is 35.1 Å². The summed E-state index contributed by atoms with van der Waals surface area (Å²) in [5.74, 6) is -0.979. The van der Waals surface area contributed by atoms with Crippen LogP contribution in [-0.4, -0.2) is 34.8 Å². The Morgan fingerprint density at radius 1 is 1.24 bits per heavy atom. The summed E-state index contributed by atoms with van der Waals surface area (Å²) in [7, 11) is 0. The van der Waals surface area contributed by atoms with Gasteiger partial charge in [-0.15, -0.1) is 0 Å². The number of nitrogens with one attached hydrogen (secondary N) is 2. The van der Waals surface area contributed by atoms with Crippen LogP contribution in [0.4, 0.5) is 10.5 Å². The van der Waals surface area contributed by atoms with Gasteiger partial charge in [0.05, 0.1) is 10.6 Å². The van der Waals surface area contributed by atoms with Gasteiger partial charge in [-0.1, -0.05) is 41.9 Å². The summed E-state index contributed by atoms with van der Waals surface area (Å²) in [6.07, 6.45) is 1.04. The molecule has 1 aliphatic rings. The van der Waals surface area contributed by atoms with Crippen molar-refractivity contribution in [1.29, 1.82) is 5.26 Å². The number of imide groups is 1. The SMILES string of the molecule is C[C@]1(CCc2ccccc2)NC(=O)N(CC(=O)Nc2ccc(C#N)c(Cl)c2)C1=O. The van der Waals surface area contributed by atoms with E-state index >= 15 is 0 Å². The Balaban J connectivity index is 1.62. The Morgan fingerprint density at radius 2 is 1.97 bits per heavy atom. The third kappa shape index (κ3) is 4.55. The predicted molar refractivity (Wildman–Crippen MR) is 108 cm³/mol. The van der Waals surface area contributed by atoms with Crippen molar-refractivity contribution in [2.45, 2.75) is 25.3 Å². The molecule has 0 bridgehead atoms. The largest absolute Gasteiger partial charge is 0.325 e. The van der Waals surface area contributed by atoms with Gasteiger partial charge in [0.2, 0.25) is 5.91 Å². The maximum Gasteiger partial charge on any atom is 0.325 e. The Morgan fingerprint density at radius 3 is 2.62 bits per heavy atom. The van der Waals surface area contributed by atoms with Gasteiger partial charge in [-0.05, 0) is 43.5 Å². The average Bonchev–Trinajstić information content (AvgIpc) is 2.91. The van der Waals surface area contributed by atoms with E-state index in [-0.39, 0.29) is 10.6 Å². The molecule has 0 spiro atoms. The number of nitrogens with zero attached hydrogens (tertiary/aromatic N) is 2. The Bertz CT molecular complexity index is 1000. The lowest BCUT2D eigenvalue weighted by Gasteiger charge is -2.21. The molecule has 0 radical (unpaired) electrons. The molecule has 1 aliphatic heterocycles. The van der Waals surface area contributed by atoms with Gasteiger partial charge in [0.15, 0.2) is 0 Å². The number of carbonyl (C=O) groups is 3. The molecule has 1 saturated heterocycles. The van der Waals surface area contributed by atoms with Crippen LogP contribution < -0.4 is 10.6 Å². The lowest BCUT2D eigenvalue weighted by molar-refractivity contribution is -0.133. The van der Waals surface area contributed by atoms with Crippen molar-refractivity contribution in [2.75, 3.05) is 11.9 Å². The zero-order valence-corrected chi connectivity index (χ0v) is 16.5. The van der Waals surface area contributed by atoms with Gasteiger partial charge in [0.25, 0.3) is 5.91 Å². The zero-order valence-electron chi connectivity index (χ0n) is 15.7. The maximum absolute atomic E-state index is 12.8. The number of benzene rings is 2. The highest BCUT2D eigenvalue weighted by atomic mass is 35.5. The summed E-state index contributed by atoms with van der Waals surface area (Å²) in [5.41, 5.74) is 0.654. The Hall–Kier alpha value is -3.37. The van der Waals surface area contributed by atoms with Gasteiger partial charge in [-0.2, -0.15) is 5.26 Å². The molecule has 148 valence electrons. The highest BCUT2D eigenvalue weighted by Crippen LogP contribution is 2.24. The first-order valence-electron chi connectivity index (χ1n) is 9.00. The second-order valence-electron chi connectivity index (χ2n) is 6.99. The van der Waals surface area contributed by atoms with E-state index in [9.17, 15) is 14.4 Å². The van der Waals surface area contributed by atoms with Crippen molar-refractivity contribution < 1.29 is 14.4 Å². The van der Waals surface area contributed by atoms with E-state index in [2.05, 4.69) is 10.6 Å². The van der Waals surface area contributed by atoms with Crippen LogP contribution in [0, 0.1) is 11.3 Å². The Labute approximate surface area is 173 Å². The van der Waals surface area contributed by atoms with Gasteiger partial charge < -0.3 is 10.6 Å². The number of urea groups is 1. The number of rotatable bonds is 6. The van der Waals surface area contributed by atoms with Gasteiger partial charge in [-0.3, -0.25) is 14.5 Å². The monoisotopic (exact) mass is 410 g/mol. The first kappa shape index (κ1) is 20.4. The lowest BCUT2D eigenvalue weighted by atomic mass is 9.93. The summed E-state index contributed by atoms with van der Waals surface area (Å²) in [4.78, 5) is 38.3. The molecule has 2 aromatic carbocycles. The molecule has 3 rings (SSSR count). The zero-order chi connectivity index (χ0) is 21.0. The minimum Gasteiger partial charge on any atom is -0.324 e. The average molecular weight is 411 g/mol. The molecule has 0 aliphatic carbocycles. The minimum atomic E-state index is -1.06. The predicted octanol–water partition coefficient (Wildman–Crippen LogP) is 3.09. The molecule has 0 aromatic heterocycles. The molecular weight excluding hydrogens is 392 g/mol. The quantitative estimate of drug-likeness (QED) is 0.714. The topological polar surface area (TPSA) is 102 Å². The molecule has 2 N–H and O–H groups in total. The molecule has 29 heavy (non-hydrogen) atoms. The molecule has 2 aromatic rings. The number of hydrogen-bond donors (Lipinski definition) is 2. The van der Waals surface area contributed by atoms with Crippen LogP contribution >= 0.6 is 11.6 Å². The van der Waals surface area contributed by atoms with Crippen LogP contribution in [0.3, 0.4) is 0 Å². The number of carbonyl (C=O) groups excluding carboxylic acids is 3. The molecule has 0 saturated carbocycles. The van der Waals surface area contributed by atoms with Crippen LogP contribution in [0.15, 0.2) is 48.5 Å². The highest BCUT2D eigenvalue weighted by Gasteiger charge is 2.47. The standard InChI is InChI=1S/C21H19ClN4O3/c1-21(10-9-14-5-3-2-4-6-14)19(28)26(20(29)25-21)13-18(27)24-16-8-7-15(12-23)17(22)11-16/h2-8,11H,9-10,13H2,1H3,(H,24,27)(H,25,29)/t21-/m1/s1. The maximum atomic E-state index is 12.8. The van der Waals surface area contributed by atoms with Crippen molar-refractivity contribution in [3.63, 3.8) is 0 Å². The van der Waals surface area contributed by atoms with Gasteiger partial charge in [-0.25, -0.2) is 4.79 Å². The van der Waals surface area contributed by atoms with Crippen molar-refractivity contribution in [1.82, 2.24) is 10.2 Å². The lowest BCUT2D eigenvalue weighted by Crippen LogP contribution is -2.45. The number of halogens is 1. The van der Waals surface area contributed by atoms with Crippen LogP contribution in [0.5, 0.6) is 0 Å². The van der Waals surface area contributed by atoms with E-state index in [0.29, 0.717) is 18.5 Å².